The van der Waals surface area contributed by atoms with Crippen LogP contribution in [0, 0.1) is 0 Å². The van der Waals surface area contributed by atoms with Crippen molar-refractivity contribution in [1.29, 1.82) is 0 Å². The van der Waals surface area contributed by atoms with Crippen LogP contribution in [0.5, 0.6) is 0 Å². The number of para-hydroxylation sites is 1. The van der Waals surface area contributed by atoms with Gasteiger partial charge in [-0.15, -0.1) is 0 Å². The number of hydrogen-bond donors (Lipinski definition) is 2. The van der Waals surface area contributed by atoms with E-state index in [-0.39, 0.29) is 24.9 Å². The fourth-order valence-electron chi connectivity index (χ4n) is 3.18. The minimum absolute atomic E-state index is 0.0863. The Hall–Kier alpha value is -3.26. The number of furan rings is 1. The quantitative estimate of drug-likeness (QED) is 0.817. The summed E-state index contributed by atoms with van der Waals surface area (Å²) in [6, 6.07) is 10.8. The Labute approximate surface area is 162 Å². The van der Waals surface area contributed by atoms with Gasteiger partial charge in [0, 0.05) is 19.3 Å². The molecule has 4 rings (SSSR count). The zero-order chi connectivity index (χ0) is 19.3. The molecule has 0 aliphatic carbocycles. The molecule has 1 aromatic carbocycles. The number of anilines is 1. The van der Waals surface area contributed by atoms with Crippen LogP contribution in [0.4, 0.5) is 5.69 Å². The number of fused-ring (bicyclic) bond motifs is 1. The zero-order valence-electron chi connectivity index (χ0n) is 15.4. The van der Waals surface area contributed by atoms with E-state index in [1.807, 2.05) is 24.4 Å². The molecule has 2 aliphatic rings. The van der Waals surface area contributed by atoms with E-state index in [1.165, 1.54) is 4.90 Å². The summed E-state index contributed by atoms with van der Waals surface area (Å²) in [7, 11) is 0. The molecule has 8 heteroatoms. The number of ether oxygens (including phenoxy) is 1. The molecule has 0 bridgehead atoms. The Morgan fingerprint density at radius 3 is 2.79 bits per heavy atom. The molecule has 0 radical (unpaired) electrons. The highest BCUT2D eigenvalue weighted by Crippen LogP contribution is 2.27. The summed E-state index contributed by atoms with van der Waals surface area (Å²) in [5.74, 6) is 0.769. The van der Waals surface area contributed by atoms with Gasteiger partial charge in [-0.3, -0.25) is 14.5 Å². The molecule has 3 heterocycles. The van der Waals surface area contributed by atoms with Gasteiger partial charge in [0.2, 0.25) is 5.91 Å². The van der Waals surface area contributed by atoms with Gasteiger partial charge in [-0.1, -0.05) is 12.1 Å². The Kier molecular flexibility index (Phi) is 5.29. The fraction of sp³-hybridized carbons (Fsp3) is 0.300. The van der Waals surface area contributed by atoms with Gasteiger partial charge in [0.1, 0.15) is 18.1 Å². The van der Waals surface area contributed by atoms with E-state index >= 15 is 0 Å². The van der Waals surface area contributed by atoms with Crippen molar-refractivity contribution in [1.82, 2.24) is 15.1 Å². The lowest BCUT2D eigenvalue weighted by Gasteiger charge is -2.34. The fourth-order valence-corrected chi connectivity index (χ4v) is 3.18. The highest BCUT2D eigenvalue weighted by atomic mass is 16.5. The molecule has 8 nitrogen and oxygen atoms in total. The van der Waals surface area contributed by atoms with Crippen molar-refractivity contribution in [2.75, 3.05) is 38.2 Å². The monoisotopic (exact) mass is 382 g/mol. The van der Waals surface area contributed by atoms with Crippen LogP contribution in [0.25, 0.3) is 0 Å². The molecule has 0 atom stereocenters. The highest BCUT2D eigenvalue weighted by molar-refractivity contribution is 6.04. The van der Waals surface area contributed by atoms with Crippen molar-refractivity contribution in [2.24, 2.45) is 0 Å². The number of nitrogens with one attached hydrogen (secondary N) is 2. The molecular weight excluding hydrogens is 360 g/mol. The summed E-state index contributed by atoms with van der Waals surface area (Å²) in [5.41, 5.74) is 1.28. The van der Waals surface area contributed by atoms with Crippen LogP contribution < -0.4 is 10.6 Å². The largest absolute Gasteiger partial charge is 0.467 e. The Morgan fingerprint density at radius 1 is 1.18 bits per heavy atom. The number of morpholine rings is 1. The molecule has 0 spiro atoms. The maximum Gasteiger partial charge on any atom is 0.262 e. The van der Waals surface area contributed by atoms with E-state index in [4.69, 9.17) is 9.15 Å². The highest BCUT2D eigenvalue weighted by Gasteiger charge is 2.30. The van der Waals surface area contributed by atoms with Crippen molar-refractivity contribution >= 4 is 17.5 Å². The molecule has 2 amide bonds. The Balaban J connectivity index is 1.53. The third kappa shape index (κ3) is 4.01. The van der Waals surface area contributed by atoms with E-state index in [0.29, 0.717) is 30.4 Å². The third-order valence-electron chi connectivity index (χ3n) is 4.65. The first-order valence-electron chi connectivity index (χ1n) is 9.21. The molecular formula is C20H22N4O4. The molecule has 1 fully saturated rings. The number of hydrogen-bond acceptors (Lipinski definition) is 6. The van der Waals surface area contributed by atoms with Crippen molar-refractivity contribution in [3.8, 4) is 0 Å². The number of nitrogens with zero attached hydrogens (tertiary/aromatic N) is 2. The first-order chi connectivity index (χ1) is 13.7. The number of amides is 2. The van der Waals surface area contributed by atoms with Gasteiger partial charge < -0.3 is 24.7 Å². The summed E-state index contributed by atoms with van der Waals surface area (Å²) < 4.78 is 10.6. The van der Waals surface area contributed by atoms with Crippen molar-refractivity contribution in [2.45, 2.75) is 6.54 Å². The van der Waals surface area contributed by atoms with Gasteiger partial charge in [0.15, 0.2) is 0 Å². The van der Waals surface area contributed by atoms with E-state index in [0.717, 1.165) is 18.8 Å². The van der Waals surface area contributed by atoms with Crippen LogP contribution in [-0.4, -0.2) is 54.5 Å². The lowest BCUT2D eigenvalue weighted by Crippen LogP contribution is -2.45. The first kappa shape index (κ1) is 18.1. The smallest absolute Gasteiger partial charge is 0.262 e. The SMILES string of the molecule is O=C(CN1C(=O)c2ccccc2NC1=CN1CCOCC1)NCc1ccco1. The number of carbonyl (C=O) groups is 2. The minimum atomic E-state index is -0.265. The van der Waals surface area contributed by atoms with Gasteiger partial charge in [0.05, 0.1) is 37.3 Å². The van der Waals surface area contributed by atoms with E-state index in [2.05, 4.69) is 15.5 Å². The Bertz CT molecular complexity index is 872. The normalized spacial score (nSPS) is 18.0. The predicted octanol–water partition coefficient (Wildman–Crippen LogP) is 1.59. The van der Waals surface area contributed by atoms with Gasteiger partial charge >= 0.3 is 0 Å². The molecule has 146 valence electrons. The molecule has 1 saturated heterocycles. The van der Waals surface area contributed by atoms with Crippen LogP contribution in [0.3, 0.4) is 0 Å². The number of rotatable bonds is 5. The third-order valence-corrected chi connectivity index (χ3v) is 4.65. The first-order valence-corrected chi connectivity index (χ1v) is 9.21. The summed E-state index contributed by atoms with van der Waals surface area (Å²) >= 11 is 0. The van der Waals surface area contributed by atoms with Crippen LogP contribution >= 0.6 is 0 Å². The molecule has 2 N–H and O–H groups in total. The van der Waals surface area contributed by atoms with Crippen molar-refractivity contribution in [3.05, 3.63) is 66.0 Å². The standard InChI is InChI=1S/C20H22N4O4/c25-19(21-12-15-4-3-9-28-15)14-24-18(13-23-7-10-27-11-8-23)22-17-6-2-1-5-16(17)20(24)26/h1-6,9,13,22H,7-8,10-12,14H2,(H,21,25). The lowest BCUT2D eigenvalue weighted by molar-refractivity contribution is -0.121. The van der Waals surface area contributed by atoms with Gasteiger partial charge in [-0.2, -0.15) is 0 Å². The summed E-state index contributed by atoms with van der Waals surface area (Å²) in [5, 5.41) is 6.07. The van der Waals surface area contributed by atoms with Gasteiger partial charge in [-0.05, 0) is 24.3 Å². The van der Waals surface area contributed by atoms with Crippen LogP contribution in [0.1, 0.15) is 16.1 Å². The number of benzene rings is 1. The van der Waals surface area contributed by atoms with Gasteiger partial charge in [0.25, 0.3) is 5.91 Å². The van der Waals surface area contributed by atoms with Crippen molar-refractivity contribution < 1.29 is 18.7 Å². The number of carbonyl (C=O) groups excluding carboxylic acids is 2. The lowest BCUT2D eigenvalue weighted by atomic mass is 10.1. The summed E-state index contributed by atoms with van der Waals surface area (Å²) in [4.78, 5) is 29.1. The molecule has 2 aliphatic heterocycles. The second-order valence-electron chi connectivity index (χ2n) is 6.58. The van der Waals surface area contributed by atoms with E-state index in [1.54, 1.807) is 24.5 Å². The Morgan fingerprint density at radius 2 is 2.00 bits per heavy atom. The molecule has 0 saturated carbocycles. The van der Waals surface area contributed by atoms with Crippen LogP contribution in [-0.2, 0) is 16.1 Å². The average molecular weight is 382 g/mol. The van der Waals surface area contributed by atoms with Gasteiger partial charge in [-0.25, -0.2) is 0 Å². The second-order valence-corrected chi connectivity index (χ2v) is 6.58. The predicted molar refractivity (Wildman–Crippen MR) is 102 cm³/mol. The summed E-state index contributed by atoms with van der Waals surface area (Å²) in [6.45, 7) is 2.94. The van der Waals surface area contributed by atoms with Crippen LogP contribution in [0.2, 0.25) is 0 Å². The van der Waals surface area contributed by atoms with Crippen LogP contribution in [0.15, 0.2) is 59.1 Å². The molecule has 1 aromatic heterocycles. The van der Waals surface area contributed by atoms with E-state index < -0.39 is 0 Å². The zero-order valence-corrected chi connectivity index (χ0v) is 15.4. The molecule has 28 heavy (non-hydrogen) atoms. The average Bonchev–Trinajstić information content (AvgIpc) is 3.24. The topological polar surface area (TPSA) is 87.1 Å². The maximum absolute atomic E-state index is 13.0. The summed E-state index contributed by atoms with van der Waals surface area (Å²) in [6.07, 6.45) is 3.44. The molecule has 2 aromatic rings. The second kappa shape index (κ2) is 8.18. The van der Waals surface area contributed by atoms with Crippen molar-refractivity contribution in [3.63, 3.8) is 0 Å². The minimum Gasteiger partial charge on any atom is -0.467 e. The maximum atomic E-state index is 13.0. The van der Waals surface area contributed by atoms with E-state index in [9.17, 15) is 9.59 Å². The molecule has 0 unspecified atom stereocenters.